The summed E-state index contributed by atoms with van der Waals surface area (Å²) in [5.41, 5.74) is 0.760. The monoisotopic (exact) mass is 209 g/mol. The number of hydroxylamine groups is 1. The van der Waals surface area contributed by atoms with Crippen LogP contribution in [0.1, 0.15) is 26.2 Å². The van der Waals surface area contributed by atoms with Gasteiger partial charge in [-0.25, -0.2) is 0 Å². The van der Waals surface area contributed by atoms with Crippen molar-refractivity contribution in [1.82, 2.24) is 0 Å². The van der Waals surface area contributed by atoms with Gasteiger partial charge < -0.3 is 4.74 Å². The Hall–Kier alpha value is -1.22. The molecule has 0 bridgehead atoms. The van der Waals surface area contributed by atoms with Gasteiger partial charge in [-0.05, 0) is 30.7 Å². The van der Waals surface area contributed by atoms with Gasteiger partial charge in [0.25, 0.3) is 0 Å². The highest BCUT2D eigenvalue weighted by Gasteiger charge is 1.97. The number of hydrogen-bond acceptors (Lipinski definition) is 3. The summed E-state index contributed by atoms with van der Waals surface area (Å²) >= 11 is 0. The number of rotatable bonds is 6. The molecular weight excluding hydrogens is 190 g/mol. The van der Waals surface area contributed by atoms with E-state index in [4.69, 9.17) is 9.94 Å². The maximum atomic E-state index is 9.15. The smallest absolute Gasteiger partial charge is 0.119 e. The minimum atomic E-state index is 0.760. The number of anilines is 1. The van der Waals surface area contributed by atoms with Crippen molar-refractivity contribution in [3.05, 3.63) is 24.3 Å². The Morgan fingerprint density at radius 1 is 1.20 bits per heavy atom. The number of benzene rings is 1. The summed E-state index contributed by atoms with van der Waals surface area (Å²) < 4.78 is 5.54. The van der Waals surface area contributed by atoms with E-state index in [0.29, 0.717) is 0 Å². The molecule has 0 saturated heterocycles. The van der Waals surface area contributed by atoms with Gasteiger partial charge in [0.05, 0.1) is 12.3 Å². The average Bonchev–Trinajstić information content (AvgIpc) is 2.25. The molecule has 1 aromatic rings. The van der Waals surface area contributed by atoms with Crippen LogP contribution in [0.3, 0.4) is 0 Å². The zero-order chi connectivity index (χ0) is 11.1. The third-order valence-corrected chi connectivity index (χ3v) is 2.23. The van der Waals surface area contributed by atoms with E-state index < -0.39 is 0 Å². The second kappa shape index (κ2) is 6.30. The van der Waals surface area contributed by atoms with Crippen molar-refractivity contribution in [2.24, 2.45) is 0 Å². The molecule has 1 N–H and O–H groups in total. The summed E-state index contributed by atoms with van der Waals surface area (Å²) in [7, 11) is 1.59. The van der Waals surface area contributed by atoms with Crippen LogP contribution in [0.5, 0.6) is 5.75 Å². The van der Waals surface area contributed by atoms with Crippen LogP contribution in [0.4, 0.5) is 5.69 Å². The summed E-state index contributed by atoms with van der Waals surface area (Å²) in [5, 5.41) is 10.2. The van der Waals surface area contributed by atoms with Crippen molar-refractivity contribution in [2.75, 3.05) is 18.7 Å². The second-order valence-corrected chi connectivity index (χ2v) is 3.57. The second-order valence-electron chi connectivity index (χ2n) is 3.57. The first-order valence-corrected chi connectivity index (χ1v) is 5.39. The molecule has 0 aliphatic heterocycles. The molecule has 0 aliphatic rings. The molecule has 0 spiro atoms. The van der Waals surface area contributed by atoms with Crippen LogP contribution in [0.2, 0.25) is 0 Å². The molecule has 3 nitrogen and oxygen atoms in total. The molecule has 0 fully saturated rings. The van der Waals surface area contributed by atoms with Crippen LogP contribution in [-0.4, -0.2) is 18.9 Å². The number of nitrogens with zero attached hydrogens (tertiary/aromatic N) is 1. The first-order chi connectivity index (χ1) is 7.24. The van der Waals surface area contributed by atoms with Crippen molar-refractivity contribution in [1.29, 1.82) is 0 Å². The van der Waals surface area contributed by atoms with E-state index in [2.05, 4.69) is 6.92 Å². The van der Waals surface area contributed by atoms with E-state index in [1.807, 2.05) is 24.3 Å². The Bertz CT molecular complexity index is 269. The zero-order valence-electron chi connectivity index (χ0n) is 9.44. The molecule has 0 amide bonds. The van der Waals surface area contributed by atoms with Crippen LogP contribution in [0.25, 0.3) is 0 Å². The van der Waals surface area contributed by atoms with Crippen molar-refractivity contribution in [2.45, 2.75) is 26.2 Å². The van der Waals surface area contributed by atoms with Crippen molar-refractivity contribution in [3.63, 3.8) is 0 Å². The summed E-state index contributed by atoms with van der Waals surface area (Å²) in [6.45, 7) is 2.94. The molecule has 0 unspecified atom stereocenters. The van der Waals surface area contributed by atoms with Gasteiger partial charge in [0.15, 0.2) is 0 Å². The fraction of sp³-hybridized carbons (Fsp3) is 0.500. The Morgan fingerprint density at radius 3 is 2.40 bits per heavy atom. The molecule has 1 aromatic carbocycles. The van der Waals surface area contributed by atoms with E-state index in [1.165, 1.54) is 12.8 Å². The molecule has 0 saturated carbocycles. The summed E-state index contributed by atoms with van der Waals surface area (Å²) in [4.78, 5) is 0. The normalized spacial score (nSPS) is 10.1. The first-order valence-electron chi connectivity index (χ1n) is 5.39. The Balaban J connectivity index is 2.36. The van der Waals surface area contributed by atoms with Crippen molar-refractivity contribution >= 4 is 5.69 Å². The van der Waals surface area contributed by atoms with Crippen LogP contribution < -0.4 is 9.80 Å². The molecular formula is C12H19NO2. The van der Waals surface area contributed by atoms with Gasteiger partial charge in [0, 0.05) is 7.05 Å². The van der Waals surface area contributed by atoms with Gasteiger partial charge >= 0.3 is 0 Å². The summed E-state index contributed by atoms with van der Waals surface area (Å²) in [6, 6.07) is 7.40. The number of hydrogen-bond donors (Lipinski definition) is 1. The lowest BCUT2D eigenvalue weighted by Crippen LogP contribution is -2.09. The molecule has 0 atom stereocenters. The van der Waals surface area contributed by atoms with Crippen LogP contribution in [0.15, 0.2) is 24.3 Å². The minimum Gasteiger partial charge on any atom is -0.494 e. The minimum absolute atomic E-state index is 0.760. The molecule has 0 aromatic heterocycles. The fourth-order valence-electron chi connectivity index (χ4n) is 1.30. The molecule has 0 aliphatic carbocycles. The van der Waals surface area contributed by atoms with Crippen LogP contribution >= 0.6 is 0 Å². The van der Waals surface area contributed by atoms with E-state index in [-0.39, 0.29) is 0 Å². The van der Waals surface area contributed by atoms with Crippen LogP contribution in [0, 0.1) is 0 Å². The maximum absolute atomic E-state index is 9.15. The van der Waals surface area contributed by atoms with Gasteiger partial charge in [-0.1, -0.05) is 19.8 Å². The lowest BCUT2D eigenvalue weighted by Gasteiger charge is -2.11. The average molecular weight is 209 g/mol. The molecule has 15 heavy (non-hydrogen) atoms. The third kappa shape index (κ3) is 4.21. The van der Waals surface area contributed by atoms with Gasteiger partial charge in [-0.15, -0.1) is 0 Å². The first kappa shape index (κ1) is 11.9. The highest BCUT2D eigenvalue weighted by Crippen LogP contribution is 2.17. The summed E-state index contributed by atoms with van der Waals surface area (Å²) in [5.74, 6) is 0.858. The molecule has 0 heterocycles. The topological polar surface area (TPSA) is 32.7 Å². The van der Waals surface area contributed by atoms with E-state index in [9.17, 15) is 0 Å². The largest absolute Gasteiger partial charge is 0.494 e. The van der Waals surface area contributed by atoms with Crippen molar-refractivity contribution in [3.8, 4) is 5.75 Å². The fourth-order valence-corrected chi connectivity index (χ4v) is 1.30. The predicted octanol–water partition coefficient (Wildman–Crippen LogP) is 3.08. The van der Waals surface area contributed by atoms with Crippen molar-refractivity contribution < 1.29 is 9.94 Å². The van der Waals surface area contributed by atoms with E-state index >= 15 is 0 Å². The molecule has 1 rings (SSSR count). The quantitative estimate of drug-likeness (QED) is 0.577. The highest BCUT2D eigenvalue weighted by atomic mass is 16.5. The maximum Gasteiger partial charge on any atom is 0.119 e. The highest BCUT2D eigenvalue weighted by molar-refractivity contribution is 5.45. The molecule has 84 valence electrons. The zero-order valence-corrected chi connectivity index (χ0v) is 9.44. The third-order valence-electron chi connectivity index (χ3n) is 2.23. The number of unbranched alkanes of at least 4 members (excludes halogenated alkanes) is 2. The Morgan fingerprint density at radius 2 is 1.87 bits per heavy atom. The van der Waals surface area contributed by atoms with E-state index in [0.717, 1.165) is 29.5 Å². The van der Waals surface area contributed by atoms with Gasteiger partial charge in [0.2, 0.25) is 0 Å². The lowest BCUT2D eigenvalue weighted by atomic mass is 10.2. The van der Waals surface area contributed by atoms with Gasteiger partial charge in [-0.2, -0.15) is 0 Å². The standard InChI is InChI=1S/C12H19NO2/c1-3-4-5-10-15-12-8-6-11(7-9-12)13(2)14/h6-9,14H,3-5,10H2,1-2H3. The van der Waals surface area contributed by atoms with E-state index in [1.54, 1.807) is 7.05 Å². The Labute approximate surface area is 91.2 Å². The number of ether oxygens (including phenoxy) is 1. The SMILES string of the molecule is CCCCCOc1ccc(N(C)O)cc1. The van der Waals surface area contributed by atoms with Crippen LogP contribution in [-0.2, 0) is 0 Å². The molecule has 0 radical (unpaired) electrons. The Kier molecular flexibility index (Phi) is 4.98. The lowest BCUT2D eigenvalue weighted by molar-refractivity contribution is 0.279. The molecule has 3 heteroatoms. The predicted molar refractivity (Wildman–Crippen MR) is 61.7 cm³/mol. The van der Waals surface area contributed by atoms with Gasteiger partial charge in [0.1, 0.15) is 5.75 Å². The van der Waals surface area contributed by atoms with Gasteiger partial charge in [-0.3, -0.25) is 10.3 Å². The summed E-state index contributed by atoms with van der Waals surface area (Å²) in [6.07, 6.45) is 3.51.